The Morgan fingerprint density at radius 2 is 2.20 bits per heavy atom. The van der Waals surface area contributed by atoms with E-state index in [1.165, 1.54) is 49.1 Å². The Morgan fingerprint density at radius 1 is 1.40 bits per heavy atom. The van der Waals surface area contributed by atoms with Crippen LogP contribution in [0.1, 0.15) is 37.6 Å². The molecule has 1 aromatic heterocycles. The van der Waals surface area contributed by atoms with Crippen LogP contribution in [0.5, 0.6) is 0 Å². The van der Waals surface area contributed by atoms with E-state index in [2.05, 4.69) is 49.8 Å². The molecule has 1 unspecified atom stereocenters. The molecule has 5 heteroatoms. The van der Waals surface area contributed by atoms with E-state index in [9.17, 15) is 0 Å². The fraction of sp³-hybridized carbons (Fsp3) is 0.800. The Kier molecular flexibility index (Phi) is 4.48. The molecule has 1 N–H and O–H groups in total. The van der Waals surface area contributed by atoms with Gasteiger partial charge in [-0.15, -0.1) is 0 Å². The minimum Gasteiger partial charge on any atom is -0.312 e. The maximum Gasteiger partial charge on any atom is 0.0739 e. The summed E-state index contributed by atoms with van der Waals surface area (Å²) in [6.07, 6.45) is 4.09. The highest BCUT2D eigenvalue weighted by atomic mass is 79.9. The Labute approximate surface area is 130 Å². The molecule has 1 atom stereocenters. The van der Waals surface area contributed by atoms with Gasteiger partial charge in [-0.05, 0) is 68.0 Å². The topological polar surface area (TPSA) is 33.1 Å². The molecule has 0 spiro atoms. The summed E-state index contributed by atoms with van der Waals surface area (Å²) in [5.74, 6) is 0.928. The van der Waals surface area contributed by atoms with Gasteiger partial charge in [-0.1, -0.05) is 0 Å². The van der Waals surface area contributed by atoms with E-state index in [4.69, 9.17) is 0 Å². The second-order valence-electron chi connectivity index (χ2n) is 6.15. The molecule has 1 saturated heterocycles. The summed E-state index contributed by atoms with van der Waals surface area (Å²) in [6, 6.07) is 0.704. The van der Waals surface area contributed by atoms with Crippen molar-refractivity contribution in [3.63, 3.8) is 0 Å². The number of nitrogens with one attached hydrogen (secondary N) is 1. The number of hydrogen-bond acceptors (Lipinski definition) is 3. The summed E-state index contributed by atoms with van der Waals surface area (Å²) >= 11 is 3.72. The Bertz CT molecular complexity index is 467. The molecule has 0 radical (unpaired) electrons. The second kappa shape index (κ2) is 6.16. The predicted molar refractivity (Wildman–Crippen MR) is 84.7 cm³/mol. The number of aromatic nitrogens is 2. The predicted octanol–water partition coefficient (Wildman–Crippen LogP) is 2.55. The standard InChI is InChI=1S/C15H25BrN4/c1-3-20-14(15(16)11(2)18-20)10-19-8-4-7-17-13(9-19)12-5-6-12/h12-13,17H,3-10H2,1-2H3. The number of aryl methyl sites for hydroxylation is 2. The maximum absolute atomic E-state index is 4.61. The van der Waals surface area contributed by atoms with Crippen molar-refractivity contribution < 1.29 is 0 Å². The van der Waals surface area contributed by atoms with Crippen LogP contribution >= 0.6 is 15.9 Å². The average Bonchev–Trinajstić information content (AvgIpc) is 3.24. The molecule has 112 valence electrons. The van der Waals surface area contributed by atoms with Gasteiger partial charge in [-0.2, -0.15) is 5.10 Å². The molecule has 2 aliphatic rings. The lowest BCUT2D eigenvalue weighted by Crippen LogP contribution is -2.39. The third-order valence-corrected chi connectivity index (χ3v) is 5.56. The van der Waals surface area contributed by atoms with Gasteiger partial charge in [-0.25, -0.2) is 0 Å². The third kappa shape index (κ3) is 3.10. The van der Waals surface area contributed by atoms with Gasteiger partial charge in [-0.3, -0.25) is 9.58 Å². The summed E-state index contributed by atoms with van der Waals surface area (Å²) in [5.41, 5.74) is 2.44. The number of rotatable bonds is 4. The lowest BCUT2D eigenvalue weighted by Gasteiger charge is -2.24. The molecule has 0 bridgehead atoms. The number of halogens is 1. The van der Waals surface area contributed by atoms with Gasteiger partial charge in [0, 0.05) is 25.7 Å². The average molecular weight is 341 g/mol. The van der Waals surface area contributed by atoms with Crippen LogP contribution in [0.3, 0.4) is 0 Å². The highest BCUT2D eigenvalue weighted by Gasteiger charge is 2.33. The molecule has 3 rings (SSSR count). The molecule has 1 aromatic rings. The Morgan fingerprint density at radius 3 is 2.90 bits per heavy atom. The summed E-state index contributed by atoms with van der Waals surface area (Å²) in [7, 11) is 0. The van der Waals surface area contributed by atoms with Gasteiger partial charge >= 0.3 is 0 Å². The zero-order chi connectivity index (χ0) is 14.1. The van der Waals surface area contributed by atoms with E-state index in [0.29, 0.717) is 6.04 Å². The van der Waals surface area contributed by atoms with Gasteiger partial charge in [0.05, 0.1) is 15.9 Å². The van der Waals surface area contributed by atoms with E-state index in [0.717, 1.165) is 24.7 Å². The summed E-state index contributed by atoms with van der Waals surface area (Å²) in [4.78, 5) is 2.61. The summed E-state index contributed by atoms with van der Waals surface area (Å²) in [6.45, 7) is 9.75. The van der Waals surface area contributed by atoms with Crippen molar-refractivity contribution in [1.29, 1.82) is 0 Å². The molecule has 1 saturated carbocycles. The van der Waals surface area contributed by atoms with Crippen LogP contribution in [-0.2, 0) is 13.1 Å². The molecular formula is C15H25BrN4. The highest BCUT2D eigenvalue weighted by molar-refractivity contribution is 9.10. The van der Waals surface area contributed by atoms with Gasteiger partial charge in [0.1, 0.15) is 0 Å². The fourth-order valence-corrected chi connectivity index (χ4v) is 3.62. The first kappa shape index (κ1) is 14.5. The lowest BCUT2D eigenvalue weighted by molar-refractivity contribution is 0.243. The fourth-order valence-electron chi connectivity index (χ4n) is 3.21. The van der Waals surface area contributed by atoms with Crippen LogP contribution in [0, 0.1) is 12.8 Å². The van der Waals surface area contributed by atoms with Gasteiger partial charge in [0.2, 0.25) is 0 Å². The molecule has 4 nitrogen and oxygen atoms in total. The molecule has 20 heavy (non-hydrogen) atoms. The lowest BCUT2D eigenvalue weighted by atomic mass is 10.2. The molecule has 1 aliphatic heterocycles. The van der Waals surface area contributed by atoms with Crippen molar-refractivity contribution in [2.45, 2.75) is 52.2 Å². The van der Waals surface area contributed by atoms with Crippen LogP contribution in [0.4, 0.5) is 0 Å². The van der Waals surface area contributed by atoms with Crippen molar-refractivity contribution in [3.8, 4) is 0 Å². The molecule has 2 fully saturated rings. The van der Waals surface area contributed by atoms with Crippen molar-refractivity contribution >= 4 is 15.9 Å². The summed E-state index contributed by atoms with van der Waals surface area (Å²) < 4.78 is 3.34. The minimum absolute atomic E-state index is 0.704. The normalized spacial score (nSPS) is 24.9. The first-order chi connectivity index (χ1) is 9.69. The zero-order valence-corrected chi connectivity index (χ0v) is 14.1. The van der Waals surface area contributed by atoms with Crippen LogP contribution in [-0.4, -0.2) is 40.4 Å². The number of hydrogen-bond donors (Lipinski definition) is 1. The van der Waals surface area contributed by atoms with E-state index in [1.54, 1.807) is 0 Å². The van der Waals surface area contributed by atoms with Gasteiger partial charge < -0.3 is 5.32 Å². The molecule has 0 amide bonds. The third-order valence-electron chi connectivity index (χ3n) is 4.53. The molecule has 0 aromatic carbocycles. The van der Waals surface area contributed by atoms with Gasteiger partial charge in [0.15, 0.2) is 0 Å². The van der Waals surface area contributed by atoms with Crippen LogP contribution in [0.2, 0.25) is 0 Å². The van der Waals surface area contributed by atoms with Crippen molar-refractivity contribution in [1.82, 2.24) is 20.0 Å². The molecular weight excluding hydrogens is 316 g/mol. The van der Waals surface area contributed by atoms with E-state index in [-0.39, 0.29) is 0 Å². The number of nitrogens with zero attached hydrogens (tertiary/aromatic N) is 3. The van der Waals surface area contributed by atoms with Gasteiger partial charge in [0.25, 0.3) is 0 Å². The first-order valence-electron chi connectivity index (χ1n) is 7.86. The smallest absolute Gasteiger partial charge is 0.0739 e. The maximum atomic E-state index is 4.61. The van der Waals surface area contributed by atoms with Crippen LogP contribution in [0.15, 0.2) is 4.47 Å². The van der Waals surface area contributed by atoms with Crippen LogP contribution in [0.25, 0.3) is 0 Å². The highest BCUT2D eigenvalue weighted by Crippen LogP contribution is 2.34. The largest absolute Gasteiger partial charge is 0.312 e. The second-order valence-corrected chi connectivity index (χ2v) is 6.94. The SMILES string of the molecule is CCn1nc(C)c(Br)c1CN1CCCNC(C2CC2)C1. The Hall–Kier alpha value is -0.390. The van der Waals surface area contributed by atoms with Crippen molar-refractivity contribution in [2.24, 2.45) is 5.92 Å². The molecule has 2 heterocycles. The Balaban J connectivity index is 1.72. The van der Waals surface area contributed by atoms with Crippen molar-refractivity contribution in [3.05, 3.63) is 15.9 Å². The minimum atomic E-state index is 0.704. The zero-order valence-electron chi connectivity index (χ0n) is 12.5. The van der Waals surface area contributed by atoms with E-state index < -0.39 is 0 Å². The van der Waals surface area contributed by atoms with Crippen molar-refractivity contribution in [2.75, 3.05) is 19.6 Å². The van der Waals surface area contributed by atoms with E-state index in [1.807, 2.05) is 0 Å². The van der Waals surface area contributed by atoms with Crippen LogP contribution < -0.4 is 5.32 Å². The monoisotopic (exact) mass is 340 g/mol. The summed E-state index contributed by atoms with van der Waals surface area (Å²) in [5, 5.41) is 8.34. The quantitative estimate of drug-likeness (QED) is 0.914. The first-order valence-corrected chi connectivity index (χ1v) is 8.66. The molecule has 1 aliphatic carbocycles. The van der Waals surface area contributed by atoms with E-state index >= 15 is 0 Å².